The Labute approximate surface area is 176 Å². The van der Waals surface area contributed by atoms with Crippen molar-refractivity contribution >= 4 is 34.9 Å². The molecule has 1 aliphatic carbocycles. The second-order valence-electron chi connectivity index (χ2n) is 7.10. The molecular formula is C20H19Cl2F3N2O2. The molecule has 0 spiro atoms. The van der Waals surface area contributed by atoms with Crippen LogP contribution in [0.1, 0.15) is 35.4 Å². The van der Waals surface area contributed by atoms with Crippen LogP contribution in [0.2, 0.25) is 10.0 Å². The highest BCUT2D eigenvalue weighted by atomic mass is 35.5. The highest BCUT2D eigenvalue weighted by molar-refractivity contribution is 6.35. The minimum atomic E-state index is -5.08. The van der Waals surface area contributed by atoms with Gasteiger partial charge in [-0.15, -0.1) is 0 Å². The third-order valence-corrected chi connectivity index (χ3v) is 5.58. The standard InChI is InChI=1S/C18H18Cl2N2.C2HF3O2/c19-11-7-14-15(13-3-1-2-4-18(13)21)9-22(12-5-6-12)10-16(14)17(20)8-11;3-2(4,5)1(6)7/h1-4,7-8,12,15H,5-6,9-10,21H2;(H,6,7)/t15-;/m0./s1. The number of rotatable bonds is 2. The number of carboxylic acids is 1. The fourth-order valence-corrected chi connectivity index (χ4v) is 4.08. The summed E-state index contributed by atoms with van der Waals surface area (Å²) in [6.07, 6.45) is -2.50. The van der Waals surface area contributed by atoms with E-state index in [9.17, 15) is 13.2 Å². The second-order valence-corrected chi connectivity index (χ2v) is 7.94. The number of fused-ring (bicyclic) bond motifs is 1. The maximum absolute atomic E-state index is 10.6. The average molecular weight is 447 g/mol. The fraction of sp³-hybridized carbons (Fsp3) is 0.350. The SMILES string of the molecule is Nc1ccccc1[C@@H]1CN(C2CC2)Cc2c(Cl)cc(Cl)cc21.O=C(O)C(F)(F)F. The largest absolute Gasteiger partial charge is 0.490 e. The molecule has 1 heterocycles. The van der Waals surface area contributed by atoms with Gasteiger partial charge in [-0.3, -0.25) is 4.90 Å². The number of halogens is 5. The fourth-order valence-electron chi connectivity index (χ4n) is 3.51. The molecule has 0 radical (unpaired) electrons. The molecule has 1 atom stereocenters. The first-order valence-corrected chi connectivity index (χ1v) is 9.70. The molecule has 4 nitrogen and oxygen atoms in total. The lowest BCUT2D eigenvalue weighted by Crippen LogP contribution is -2.36. The first kappa shape index (κ1) is 21.7. The van der Waals surface area contributed by atoms with Gasteiger partial charge in [-0.1, -0.05) is 41.4 Å². The van der Waals surface area contributed by atoms with Gasteiger partial charge in [-0.05, 0) is 47.7 Å². The van der Waals surface area contributed by atoms with E-state index in [1.807, 2.05) is 24.3 Å². The molecule has 3 N–H and O–H groups in total. The summed E-state index contributed by atoms with van der Waals surface area (Å²) in [5.41, 5.74) is 10.7. The Kier molecular flexibility index (Phi) is 6.31. The Balaban J connectivity index is 0.000000298. The van der Waals surface area contributed by atoms with E-state index in [0.29, 0.717) is 11.1 Å². The van der Waals surface area contributed by atoms with E-state index in [2.05, 4.69) is 17.0 Å². The van der Waals surface area contributed by atoms with Crippen molar-refractivity contribution < 1.29 is 23.1 Å². The zero-order valence-electron chi connectivity index (χ0n) is 15.2. The highest BCUT2D eigenvalue weighted by Gasteiger charge is 2.38. The highest BCUT2D eigenvalue weighted by Crippen LogP contribution is 2.43. The molecule has 0 amide bonds. The first-order valence-electron chi connectivity index (χ1n) is 8.94. The third-order valence-electron chi connectivity index (χ3n) is 5.03. The van der Waals surface area contributed by atoms with E-state index < -0.39 is 12.1 Å². The van der Waals surface area contributed by atoms with Gasteiger partial charge in [-0.25, -0.2) is 4.79 Å². The summed E-state index contributed by atoms with van der Waals surface area (Å²) in [6, 6.07) is 12.7. The lowest BCUT2D eigenvalue weighted by molar-refractivity contribution is -0.192. The maximum Gasteiger partial charge on any atom is 0.490 e. The Morgan fingerprint density at radius 2 is 1.76 bits per heavy atom. The molecule has 1 aliphatic heterocycles. The van der Waals surface area contributed by atoms with Crippen molar-refractivity contribution in [3.8, 4) is 0 Å². The number of hydrogen-bond donors (Lipinski definition) is 2. The van der Waals surface area contributed by atoms with Crippen LogP contribution in [-0.4, -0.2) is 34.7 Å². The summed E-state index contributed by atoms with van der Waals surface area (Å²) in [5, 5.41) is 8.59. The van der Waals surface area contributed by atoms with Gasteiger partial charge in [-0.2, -0.15) is 13.2 Å². The Morgan fingerprint density at radius 1 is 1.14 bits per heavy atom. The van der Waals surface area contributed by atoms with Gasteiger partial charge < -0.3 is 10.8 Å². The molecular weight excluding hydrogens is 428 g/mol. The smallest absolute Gasteiger partial charge is 0.475 e. The Morgan fingerprint density at radius 3 is 2.31 bits per heavy atom. The molecule has 1 fully saturated rings. The zero-order chi connectivity index (χ0) is 21.3. The molecule has 29 heavy (non-hydrogen) atoms. The van der Waals surface area contributed by atoms with Crippen LogP contribution in [0.3, 0.4) is 0 Å². The summed E-state index contributed by atoms with van der Waals surface area (Å²) in [7, 11) is 0. The number of aliphatic carboxylic acids is 1. The van der Waals surface area contributed by atoms with Crippen molar-refractivity contribution in [3.63, 3.8) is 0 Å². The van der Waals surface area contributed by atoms with Crippen LogP contribution in [-0.2, 0) is 11.3 Å². The van der Waals surface area contributed by atoms with Crippen molar-refractivity contribution in [2.24, 2.45) is 0 Å². The number of hydrogen-bond acceptors (Lipinski definition) is 3. The van der Waals surface area contributed by atoms with Gasteiger partial charge in [0.25, 0.3) is 0 Å². The van der Waals surface area contributed by atoms with Gasteiger partial charge >= 0.3 is 12.1 Å². The number of carboxylic acid groups (broad SMARTS) is 1. The van der Waals surface area contributed by atoms with Gasteiger partial charge in [0.1, 0.15) is 0 Å². The molecule has 0 saturated heterocycles. The molecule has 1 saturated carbocycles. The molecule has 2 aromatic carbocycles. The monoisotopic (exact) mass is 446 g/mol. The number of nitrogens with zero attached hydrogens (tertiary/aromatic N) is 1. The molecule has 156 valence electrons. The lowest BCUT2D eigenvalue weighted by Gasteiger charge is -2.36. The summed E-state index contributed by atoms with van der Waals surface area (Å²) >= 11 is 12.7. The molecule has 2 aliphatic rings. The number of benzene rings is 2. The number of anilines is 1. The van der Waals surface area contributed by atoms with E-state index in [4.69, 9.17) is 38.8 Å². The lowest BCUT2D eigenvalue weighted by atomic mass is 9.83. The van der Waals surface area contributed by atoms with Crippen molar-refractivity contribution in [1.29, 1.82) is 0 Å². The quantitative estimate of drug-likeness (QED) is 0.612. The molecule has 2 aromatic rings. The second kappa shape index (κ2) is 8.42. The van der Waals surface area contributed by atoms with Crippen LogP contribution in [0.15, 0.2) is 36.4 Å². The van der Waals surface area contributed by atoms with Crippen LogP contribution in [0.25, 0.3) is 0 Å². The number of para-hydroxylation sites is 1. The molecule has 0 unspecified atom stereocenters. The van der Waals surface area contributed by atoms with E-state index in [-0.39, 0.29) is 5.92 Å². The van der Waals surface area contributed by atoms with Crippen molar-refractivity contribution in [2.75, 3.05) is 12.3 Å². The normalized spacial score (nSPS) is 19.1. The minimum absolute atomic E-state index is 0.238. The summed E-state index contributed by atoms with van der Waals surface area (Å²) in [5.74, 6) is -2.52. The Bertz CT molecular complexity index is 917. The van der Waals surface area contributed by atoms with Crippen LogP contribution >= 0.6 is 23.2 Å². The number of nitrogen functional groups attached to an aromatic ring is 1. The third kappa shape index (κ3) is 5.15. The predicted molar refractivity (Wildman–Crippen MR) is 106 cm³/mol. The summed E-state index contributed by atoms with van der Waals surface area (Å²) in [4.78, 5) is 11.4. The van der Waals surface area contributed by atoms with E-state index in [1.165, 1.54) is 29.5 Å². The van der Waals surface area contributed by atoms with Gasteiger partial charge in [0, 0.05) is 40.8 Å². The van der Waals surface area contributed by atoms with Gasteiger partial charge in [0.15, 0.2) is 0 Å². The Hall–Kier alpha value is -1.96. The number of carbonyl (C=O) groups is 1. The van der Waals surface area contributed by atoms with Crippen molar-refractivity contribution in [3.05, 3.63) is 63.1 Å². The summed E-state index contributed by atoms with van der Waals surface area (Å²) in [6.45, 7) is 1.90. The average Bonchev–Trinajstić information content (AvgIpc) is 3.46. The topological polar surface area (TPSA) is 66.6 Å². The van der Waals surface area contributed by atoms with E-state index >= 15 is 0 Å². The molecule has 0 aromatic heterocycles. The maximum atomic E-state index is 10.6. The van der Waals surface area contributed by atoms with Crippen LogP contribution in [0.4, 0.5) is 18.9 Å². The molecule has 9 heteroatoms. The van der Waals surface area contributed by atoms with Gasteiger partial charge in [0.05, 0.1) is 0 Å². The van der Waals surface area contributed by atoms with Crippen LogP contribution in [0.5, 0.6) is 0 Å². The molecule has 4 rings (SSSR count). The predicted octanol–water partition coefficient (Wildman–Crippen LogP) is 5.32. The van der Waals surface area contributed by atoms with Crippen LogP contribution < -0.4 is 5.73 Å². The van der Waals surface area contributed by atoms with Gasteiger partial charge in [0.2, 0.25) is 0 Å². The van der Waals surface area contributed by atoms with E-state index in [0.717, 1.165) is 23.8 Å². The molecule has 0 bridgehead atoms. The van der Waals surface area contributed by atoms with Crippen LogP contribution in [0, 0.1) is 0 Å². The van der Waals surface area contributed by atoms with Crippen molar-refractivity contribution in [1.82, 2.24) is 4.90 Å². The zero-order valence-corrected chi connectivity index (χ0v) is 16.7. The minimum Gasteiger partial charge on any atom is -0.475 e. The number of nitrogens with two attached hydrogens (primary N) is 1. The van der Waals surface area contributed by atoms with Crippen molar-refractivity contribution in [2.45, 2.75) is 37.5 Å². The number of alkyl halides is 3. The first-order chi connectivity index (χ1) is 13.6. The van der Waals surface area contributed by atoms with E-state index in [1.54, 1.807) is 0 Å². The summed E-state index contributed by atoms with van der Waals surface area (Å²) < 4.78 is 31.7.